The number of hydrogen-bond donors (Lipinski definition) is 2. The quantitative estimate of drug-likeness (QED) is 0.446. The molecule has 36 heavy (non-hydrogen) atoms. The van der Waals surface area contributed by atoms with Crippen LogP contribution < -0.4 is 15.4 Å². The Bertz CT molecular complexity index is 1140. The highest BCUT2D eigenvalue weighted by molar-refractivity contribution is 6.39. The van der Waals surface area contributed by atoms with Gasteiger partial charge in [0.25, 0.3) is 5.91 Å². The van der Waals surface area contributed by atoms with Crippen molar-refractivity contribution in [2.75, 3.05) is 31.5 Å². The van der Waals surface area contributed by atoms with Crippen LogP contribution in [-0.2, 0) is 0 Å². The maximum atomic E-state index is 13.0. The number of ketones is 1. The van der Waals surface area contributed by atoms with Gasteiger partial charge in [0.2, 0.25) is 0 Å². The van der Waals surface area contributed by atoms with Crippen LogP contribution in [0.25, 0.3) is 0 Å². The average molecular weight is 551 g/mol. The van der Waals surface area contributed by atoms with Crippen molar-refractivity contribution in [3.63, 3.8) is 0 Å². The van der Waals surface area contributed by atoms with Gasteiger partial charge in [-0.1, -0.05) is 53.7 Å². The van der Waals surface area contributed by atoms with Crippen LogP contribution in [0.1, 0.15) is 65.7 Å². The number of carbonyl (C=O) groups excluding carboxylic acids is 2. The van der Waals surface area contributed by atoms with Gasteiger partial charge in [-0.25, -0.2) is 0 Å². The van der Waals surface area contributed by atoms with E-state index < -0.39 is 5.60 Å². The van der Waals surface area contributed by atoms with Crippen molar-refractivity contribution in [1.82, 2.24) is 10.2 Å². The molecule has 1 aliphatic carbocycles. The van der Waals surface area contributed by atoms with Gasteiger partial charge in [0, 0.05) is 45.1 Å². The lowest BCUT2D eigenvalue weighted by atomic mass is 9.82. The third-order valence-electron chi connectivity index (χ3n) is 7.58. The van der Waals surface area contributed by atoms with Crippen LogP contribution in [0.5, 0.6) is 5.75 Å². The van der Waals surface area contributed by atoms with Gasteiger partial charge in [-0.15, -0.1) is 0 Å². The second kappa shape index (κ2) is 10.8. The zero-order chi connectivity index (χ0) is 25.3. The molecule has 2 aromatic rings. The molecule has 2 heterocycles. The first kappa shape index (κ1) is 25.7. The van der Waals surface area contributed by atoms with Crippen molar-refractivity contribution in [3.05, 3.63) is 56.5 Å². The first-order valence-corrected chi connectivity index (χ1v) is 13.7. The molecular formula is C27H30Cl3N3O3. The molecule has 2 aliphatic heterocycles. The van der Waals surface area contributed by atoms with Crippen molar-refractivity contribution >= 4 is 52.2 Å². The number of anilines is 1. The number of piperidine rings is 1. The van der Waals surface area contributed by atoms with Crippen LogP contribution in [0, 0.1) is 0 Å². The minimum atomic E-state index is -0.537. The summed E-state index contributed by atoms with van der Waals surface area (Å²) in [6, 6.07) is 9.18. The van der Waals surface area contributed by atoms with E-state index in [-0.39, 0.29) is 11.7 Å². The summed E-state index contributed by atoms with van der Waals surface area (Å²) >= 11 is 19.0. The highest BCUT2D eigenvalue weighted by Crippen LogP contribution is 2.45. The number of Topliss-reactive ketones (excluding diaryl/α,β-unsaturated/α-hetero) is 1. The molecule has 3 aliphatic rings. The van der Waals surface area contributed by atoms with Crippen LogP contribution in [0.4, 0.5) is 5.69 Å². The molecule has 0 radical (unpaired) electrons. The van der Waals surface area contributed by atoms with Gasteiger partial charge in [-0.2, -0.15) is 0 Å². The number of fused-ring (bicyclic) bond motifs is 1. The van der Waals surface area contributed by atoms with Crippen LogP contribution in [-0.4, -0.2) is 54.4 Å². The Morgan fingerprint density at radius 3 is 2.44 bits per heavy atom. The van der Waals surface area contributed by atoms with E-state index in [9.17, 15) is 9.59 Å². The lowest BCUT2D eigenvalue weighted by Crippen LogP contribution is -2.52. The van der Waals surface area contributed by atoms with Crippen molar-refractivity contribution < 1.29 is 14.3 Å². The molecule has 1 spiro atoms. The number of hydrogen-bond acceptors (Lipinski definition) is 5. The number of ether oxygens (including phenoxy) is 1. The molecule has 0 bridgehead atoms. The Morgan fingerprint density at radius 2 is 1.75 bits per heavy atom. The summed E-state index contributed by atoms with van der Waals surface area (Å²) in [5.41, 5.74) is 1.18. The summed E-state index contributed by atoms with van der Waals surface area (Å²) < 4.78 is 6.52. The highest BCUT2D eigenvalue weighted by Gasteiger charge is 2.44. The van der Waals surface area contributed by atoms with E-state index in [4.69, 9.17) is 39.5 Å². The first-order valence-electron chi connectivity index (χ1n) is 12.6. The van der Waals surface area contributed by atoms with Gasteiger partial charge in [-0.3, -0.25) is 9.59 Å². The van der Waals surface area contributed by atoms with Crippen LogP contribution in [0.2, 0.25) is 15.1 Å². The molecule has 192 valence electrons. The minimum Gasteiger partial charge on any atom is -0.484 e. The molecule has 6 nitrogen and oxygen atoms in total. The monoisotopic (exact) mass is 549 g/mol. The number of rotatable bonds is 6. The Hall–Kier alpha value is -1.99. The molecule has 2 aromatic carbocycles. The number of nitrogens with zero attached hydrogens (tertiary/aromatic N) is 1. The largest absolute Gasteiger partial charge is 0.484 e. The molecule has 9 heteroatoms. The normalized spacial score (nSPS) is 19.7. The van der Waals surface area contributed by atoms with Crippen molar-refractivity contribution in [2.24, 2.45) is 0 Å². The zero-order valence-corrected chi connectivity index (χ0v) is 22.3. The minimum absolute atomic E-state index is 0.0860. The second-order valence-corrected chi connectivity index (χ2v) is 11.2. The molecule has 0 aromatic heterocycles. The molecule has 1 amide bonds. The molecular weight excluding hydrogens is 521 g/mol. The number of likely N-dealkylation sites (tertiary alicyclic amines) is 1. The second-order valence-electron chi connectivity index (χ2n) is 10.0. The van der Waals surface area contributed by atoms with Crippen molar-refractivity contribution in [3.8, 4) is 5.75 Å². The number of benzene rings is 2. The number of halogens is 3. The van der Waals surface area contributed by atoms with E-state index >= 15 is 0 Å². The lowest BCUT2D eigenvalue weighted by molar-refractivity contribution is -0.00854. The summed E-state index contributed by atoms with van der Waals surface area (Å²) in [6.07, 6.45) is 6.54. The average Bonchev–Trinajstić information content (AvgIpc) is 3.36. The van der Waals surface area contributed by atoms with E-state index in [1.807, 2.05) is 12.1 Å². The van der Waals surface area contributed by atoms with Crippen LogP contribution >= 0.6 is 34.8 Å². The van der Waals surface area contributed by atoms with Gasteiger partial charge in [-0.05, 0) is 37.1 Å². The van der Waals surface area contributed by atoms with E-state index in [0.29, 0.717) is 57.5 Å². The molecule has 2 fully saturated rings. The predicted octanol–water partition coefficient (Wildman–Crippen LogP) is 6.23. The topological polar surface area (TPSA) is 70.7 Å². The third-order valence-corrected chi connectivity index (χ3v) is 8.59. The first-order chi connectivity index (χ1) is 17.3. The summed E-state index contributed by atoms with van der Waals surface area (Å²) in [4.78, 5) is 27.8. The molecule has 5 rings (SSSR count). The van der Waals surface area contributed by atoms with E-state index in [1.165, 1.54) is 12.8 Å². The Labute approximate surface area is 226 Å². The van der Waals surface area contributed by atoms with Crippen molar-refractivity contribution in [2.45, 2.75) is 56.6 Å². The number of amides is 1. The van der Waals surface area contributed by atoms with Gasteiger partial charge >= 0.3 is 0 Å². The van der Waals surface area contributed by atoms with Gasteiger partial charge in [0.05, 0.1) is 33.3 Å². The number of nitrogens with one attached hydrogen (secondary N) is 2. The standard InChI is InChI=1S/C27H30Cl3N3O3/c28-19-6-3-7-20(29)23(19)26(35)31-12-15-33-13-10-27(11-14-33)16-22(34)18-8-9-21(24(30)25(18)36-27)32-17-4-1-2-5-17/h3,6-9,17,32H,1-2,4-5,10-16H2,(H,31,35). The van der Waals surface area contributed by atoms with E-state index in [1.54, 1.807) is 18.2 Å². The van der Waals surface area contributed by atoms with E-state index in [0.717, 1.165) is 44.5 Å². The fourth-order valence-electron chi connectivity index (χ4n) is 5.51. The Balaban J connectivity index is 1.18. The summed E-state index contributed by atoms with van der Waals surface area (Å²) in [7, 11) is 0. The SMILES string of the molecule is O=C1CC2(CCN(CCNC(=O)c3c(Cl)cccc3Cl)CC2)Oc2c1ccc(NC1CCCC1)c2Cl. The van der Waals surface area contributed by atoms with E-state index in [2.05, 4.69) is 15.5 Å². The Kier molecular flexibility index (Phi) is 7.68. The number of carbonyl (C=O) groups is 2. The third kappa shape index (κ3) is 5.33. The summed E-state index contributed by atoms with van der Waals surface area (Å²) in [6.45, 7) is 2.69. The van der Waals surface area contributed by atoms with Crippen LogP contribution in [0.15, 0.2) is 30.3 Å². The van der Waals surface area contributed by atoms with Gasteiger partial charge in [0.15, 0.2) is 11.5 Å². The van der Waals surface area contributed by atoms with Crippen LogP contribution in [0.3, 0.4) is 0 Å². The zero-order valence-electron chi connectivity index (χ0n) is 20.0. The fraction of sp³-hybridized carbons (Fsp3) is 0.481. The highest BCUT2D eigenvalue weighted by atomic mass is 35.5. The Morgan fingerprint density at radius 1 is 1.06 bits per heavy atom. The summed E-state index contributed by atoms with van der Waals surface area (Å²) in [5, 5.41) is 7.62. The maximum absolute atomic E-state index is 13.0. The predicted molar refractivity (Wildman–Crippen MR) is 144 cm³/mol. The molecule has 1 saturated carbocycles. The summed E-state index contributed by atoms with van der Waals surface area (Å²) in [5.74, 6) is 0.324. The molecule has 0 unspecified atom stereocenters. The lowest BCUT2D eigenvalue weighted by Gasteiger charge is -2.44. The van der Waals surface area contributed by atoms with Gasteiger partial charge < -0.3 is 20.3 Å². The van der Waals surface area contributed by atoms with Crippen molar-refractivity contribution in [1.29, 1.82) is 0 Å². The molecule has 0 atom stereocenters. The molecule has 1 saturated heterocycles. The van der Waals surface area contributed by atoms with Gasteiger partial charge in [0.1, 0.15) is 10.6 Å². The molecule has 2 N–H and O–H groups in total. The smallest absolute Gasteiger partial charge is 0.254 e. The fourth-order valence-corrected chi connectivity index (χ4v) is 6.34. The maximum Gasteiger partial charge on any atom is 0.254 e.